The van der Waals surface area contributed by atoms with Gasteiger partial charge in [-0.2, -0.15) is 4.39 Å². The van der Waals surface area contributed by atoms with E-state index in [2.05, 4.69) is 20.0 Å². The summed E-state index contributed by atoms with van der Waals surface area (Å²) < 4.78 is 57.2. The smallest absolute Gasteiger partial charge is 0.406 e. The first-order valence-corrected chi connectivity index (χ1v) is 11.6. The average Bonchev–Trinajstić information content (AvgIpc) is 3.62. The molecule has 0 bridgehead atoms. The molecule has 1 saturated carbocycles. The molecule has 1 aliphatic carbocycles. The summed E-state index contributed by atoms with van der Waals surface area (Å²) in [4.78, 5) is 22.7. The maximum atomic E-state index is 15.4. The van der Waals surface area contributed by atoms with E-state index in [0.29, 0.717) is 25.1 Å². The highest BCUT2D eigenvalue weighted by Gasteiger charge is 2.34. The van der Waals surface area contributed by atoms with E-state index < -0.39 is 24.2 Å². The van der Waals surface area contributed by atoms with Crippen LogP contribution in [0.5, 0.6) is 5.75 Å². The van der Waals surface area contributed by atoms with Crippen LogP contribution in [0.2, 0.25) is 0 Å². The van der Waals surface area contributed by atoms with E-state index in [1.165, 1.54) is 24.5 Å². The number of aromatic nitrogens is 2. The minimum atomic E-state index is -4.81. The van der Waals surface area contributed by atoms with Crippen molar-refractivity contribution in [3.63, 3.8) is 0 Å². The maximum Gasteiger partial charge on any atom is 0.573 e. The van der Waals surface area contributed by atoms with Crippen LogP contribution in [0.3, 0.4) is 0 Å². The van der Waals surface area contributed by atoms with Crippen LogP contribution in [0, 0.1) is 11.7 Å². The number of aliphatic hydroxyl groups excluding tert-OH is 1. The number of hydrogen-bond donors (Lipinski definition) is 3. The van der Waals surface area contributed by atoms with Crippen molar-refractivity contribution < 1.29 is 36.9 Å². The highest BCUT2D eigenvalue weighted by atomic mass is 19.4. The number of β-amino-alcohol motifs (C(OH)–C–C–N with tert-alkyl or cyclic N) is 1. The summed E-state index contributed by atoms with van der Waals surface area (Å²) in [6, 6.07) is 5.57. The first-order valence-electron chi connectivity index (χ1n) is 11.6. The molecule has 4 rings (SSSR count). The minimum Gasteiger partial charge on any atom is -0.406 e. The number of nitrogens with one attached hydrogen (secondary N) is 1. The molecule has 2 heterocycles. The Morgan fingerprint density at radius 3 is 2.68 bits per heavy atom. The molecule has 2 atom stereocenters. The maximum absolute atomic E-state index is 15.4. The summed E-state index contributed by atoms with van der Waals surface area (Å²) in [5, 5.41) is 13.4. The van der Waals surface area contributed by atoms with Gasteiger partial charge in [0, 0.05) is 31.6 Å². The van der Waals surface area contributed by atoms with Gasteiger partial charge in [0.2, 0.25) is 11.7 Å². The Kier molecular flexibility index (Phi) is 9.07. The highest BCUT2D eigenvalue weighted by molar-refractivity contribution is 5.75. The second kappa shape index (κ2) is 11.9. The fraction of sp³-hybridized carbons (Fsp3) is 0.522. The largest absolute Gasteiger partial charge is 0.573 e. The van der Waals surface area contributed by atoms with Crippen molar-refractivity contribution in [1.29, 1.82) is 0 Å². The van der Waals surface area contributed by atoms with Crippen LogP contribution in [0.4, 0.5) is 33.9 Å². The minimum absolute atomic E-state index is 0. The molecule has 1 aliphatic heterocycles. The number of aliphatic hydroxyl groups is 1. The van der Waals surface area contributed by atoms with Gasteiger partial charge in [0.1, 0.15) is 12.1 Å². The molecule has 0 unspecified atom stereocenters. The Morgan fingerprint density at radius 2 is 2.03 bits per heavy atom. The molecule has 1 aromatic heterocycles. The number of likely N-dealkylation sites (tertiary alicyclic amines) is 1. The third kappa shape index (κ3) is 7.86. The summed E-state index contributed by atoms with van der Waals surface area (Å²) in [7, 11) is 0. The highest BCUT2D eigenvalue weighted by Crippen LogP contribution is 2.35. The Hall–Kier alpha value is -3.26. The molecule has 2 aromatic rings. The number of ether oxygens (including phenoxy) is 1. The first kappa shape index (κ1) is 28.3. The van der Waals surface area contributed by atoms with Gasteiger partial charge in [-0.3, -0.25) is 14.4 Å². The second-order valence-corrected chi connectivity index (χ2v) is 9.11. The number of nitrogens with two attached hydrogens (primary N) is 1. The van der Waals surface area contributed by atoms with Crippen molar-refractivity contribution in [2.75, 3.05) is 36.4 Å². The van der Waals surface area contributed by atoms with Gasteiger partial charge in [-0.15, -0.1) is 13.2 Å². The number of hydrogen-bond acceptors (Lipinski definition) is 8. The lowest BCUT2D eigenvalue weighted by molar-refractivity contribution is -0.274. The molecule has 1 amide bonds. The van der Waals surface area contributed by atoms with E-state index in [-0.39, 0.29) is 53.7 Å². The van der Waals surface area contributed by atoms with Gasteiger partial charge >= 0.3 is 6.36 Å². The zero-order valence-electron chi connectivity index (χ0n) is 19.8. The molecule has 4 N–H and O–H groups in total. The Balaban J connectivity index is 0.00000380. The third-order valence-corrected chi connectivity index (χ3v) is 6.23. The lowest BCUT2D eigenvalue weighted by Gasteiger charge is -2.35. The number of primary amides is 1. The molecule has 1 saturated heterocycles. The van der Waals surface area contributed by atoms with Crippen molar-refractivity contribution in [1.82, 2.24) is 14.9 Å². The Morgan fingerprint density at radius 1 is 1.27 bits per heavy atom. The van der Waals surface area contributed by atoms with E-state index >= 15 is 4.39 Å². The molecular weight excluding hydrogens is 503 g/mol. The fourth-order valence-electron chi connectivity index (χ4n) is 4.36. The van der Waals surface area contributed by atoms with E-state index in [9.17, 15) is 23.1 Å². The third-order valence-electron chi connectivity index (χ3n) is 6.23. The number of amides is 1. The predicted molar refractivity (Wildman–Crippen MR) is 125 cm³/mol. The van der Waals surface area contributed by atoms with Gasteiger partial charge in [0.15, 0.2) is 11.6 Å². The first-order chi connectivity index (χ1) is 17.1. The monoisotopic (exact) mass is 532 g/mol. The summed E-state index contributed by atoms with van der Waals surface area (Å²) >= 11 is 0. The summed E-state index contributed by atoms with van der Waals surface area (Å²) in [5.41, 5.74) is 5.73. The Labute approximate surface area is 210 Å². The zero-order chi connectivity index (χ0) is 25.9. The quantitative estimate of drug-likeness (QED) is 0.400. The number of carbonyl (C=O) groups excluding carboxylic acids is 1. The molecule has 14 heteroatoms. The lowest BCUT2D eigenvalue weighted by atomic mass is 9.93. The van der Waals surface area contributed by atoms with Crippen molar-refractivity contribution in [3.05, 3.63) is 42.0 Å². The van der Waals surface area contributed by atoms with Crippen molar-refractivity contribution in [2.24, 2.45) is 11.7 Å². The molecule has 0 radical (unpaired) electrons. The van der Waals surface area contributed by atoms with Crippen LogP contribution >= 0.6 is 0 Å². The van der Waals surface area contributed by atoms with Gasteiger partial charge in [-0.1, -0.05) is 12.1 Å². The number of anilines is 2. The number of rotatable bonds is 10. The van der Waals surface area contributed by atoms with Gasteiger partial charge in [0.25, 0.3) is 0 Å². The molecule has 204 valence electrons. The Bertz CT molecular complexity index is 1070. The van der Waals surface area contributed by atoms with Crippen LogP contribution in [0.25, 0.3) is 0 Å². The van der Waals surface area contributed by atoms with Crippen molar-refractivity contribution in [2.45, 2.75) is 44.3 Å². The fourth-order valence-corrected chi connectivity index (χ4v) is 4.36. The van der Waals surface area contributed by atoms with Crippen LogP contribution in [-0.2, 0) is 11.3 Å². The van der Waals surface area contributed by atoms with Crippen LogP contribution in [-0.4, -0.2) is 70.6 Å². The molecule has 37 heavy (non-hydrogen) atoms. The molecule has 2 aliphatic rings. The summed E-state index contributed by atoms with van der Waals surface area (Å²) in [6.07, 6.45) is -2.09. The number of alkyl halides is 3. The van der Waals surface area contributed by atoms with Crippen molar-refractivity contribution in [3.8, 4) is 5.75 Å². The van der Waals surface area contributed by atoms with Gasteiger partial charge in [0.05, 0.1) is 12.6 Å². The van der Waals surface area contributed by atoms with E-state index in [0.717, 1.165) is 12.8 Å². The van der Waals surface area contributed by atoms with Crippen LogP contribution in [0.1, 0.15) is 24.8 Å². The molecule has 0 spiro atoms. The van der Waals surface area contributed by atoms with E-state index in [4.69, 9.17) is 5.73 Å². The van der Waals surface area contributed by atoms with E-state index in [1.54, 1.807) is 15.9 Å². The predicted octanol–water partition coefficient (Wildman–Crippen LogP) is 2.42. The number of carbonyl (C=O) groups is 1. The molecule has 9 nitrogen and oxygen atoms in total. The summed E-state index contributed by atoms with van der Waals surface area (Å²) in [6.45, 7) is 1.35. The molecule has 2 fully saturated rings. The topological polar surface area (TPSA) is 117 Å². The number of nitrogens with zero attached hydrogens (tertiary/aromatic N) is 4. The number of piperidine rings is 1. The normalized spacial score (nSPS) is 20.1. The molecule has 1 aromatic carbocycles. The summed E-state index contributed by atoms with van der Waals surface area (Å²) in [5.74, 6) is -1.63. The average molecular weight is 533 g/mol. The SMILES string of the molecule is F.NC(=O)CN1CC[C@@H](CNc2ncnc(N(Cc3cccc(OC(F)(F)F)c3)C3CC3)c2F)[C@H](O)C1. The standard InChI is InChI=1S/C23H28F4N6O3.FH/c24-20-21(29-9-15-6-7-32(11-18(15)34)12-19(28)35)30-13-31-22(20)33(16-4-5-16)10-14-2-1-3-17(8-14)36-23(25,26)27;/h1-3,8,13,15-16,18,34H,4-7,9-12H2,(H2,28,35)(H,29,30,31);1H/t15-,18+;/m0./s1. The van der Waals surface area contributed by atoms with E-state index in [1.807, 2.05) is 0 Å². The number of halogens is 5. The van der Waals surface area contributed by atoms with Crippen molar-refractivity contribution >= 4 is 17.5 Å². The van der Waals surface area contributed by atoms with Gasteiger partial charge in [-0.05, 0) is 43.5 Å². The van der Waals surface area contributed by atoms with Crippen LogP contribution < -0.4 is 20.7 Å². The number of benzene rings is 1. The van der Waals surface area contributed by atoms with Crippen LogP contribution in [0.15, 0.2) is 30.6 Å². The lowest BCUT2D eigenvalue weighted by Crippen LogP contribution is -2.48. The zero-order valence-corrected chi connectivity index (χ0v) is 19.8. The van der Waals surface area contributed by atoms with Gasteiger partial charge in [-0.25, -0.2) is 9.97 Å². The second-order valence-electron chi connectivity index (χ2n) is 9.11. The van der Waals surface area contributed by atoms with Gasteiger partial charge < -0.3 is 25.8 Å². The molecular formula is C23H29F5N6O3.